The Morgan fingerprint density at radius 2 is 2.26 bits per heavy atom. The number of aliphatic hydroxyl groups is 1. The number of hydrogen-bond acceptors (Lipinski definition) is 3. The van der Waals surface area contributed by atoms with Gasteiger partial charge in [-0.3, -0.25) is 4.79 Å². The van der Waals surface area contributed by atoms with Crippen LogP contribution < -0.4 is 5.32 Å². The molecule has 4 nitrogen and oxygen atoms in total. The maximum absolute atomic E-state index is 13.6. The number of rotatable bonds is 2. The summed E-state index contributed by atoms with van der Waals surface area (Å²) < 4.78 is 13.6. The van der Waals surface area contributed by atoms with Crippen molar-refractivity contribution in [2.75, 3.05) is 25.5 Å². The van der Waals surface area contributed by atoms with Crippen LogP contribution in [0.15, 0.2) is 18.2 Å². The molecule has 0 aromatic heterocycles. The van der Waals surface area contributed by atoms with E-state index in [9.17, 15) is 14.3 Å². The van der Waals surface area contributed by atoms with Crippen molar-refractivity contribution < 1.29 is 14.3 Å². The monoisotopic (exact) mass is 266 g/mol. The third-order valence-electron chi connectivity index (χ3n) is 3.46. The van der Waals surface area contributed by atoms with Crippen LogP contribution in [0.4, 0.5) is 10.1 Å². The third kappa shape index (κ3) is 2.87. The van der Waals surface area contributed by atoms with Crippen LogP contribution in [0.1, 0.15) is 30.1 Å². The van der Waals surface area contributed by atoms with Gasteiger partial charge in [-0.05, 0) is 31.9 Å². The van der Waals surface area contributed by atoms with Gasteiger partial charge in [-0.2, -0.15) is 0 Å². The highest BCUT2D eigenvalue weighted by molar-refractivity contribution is 5.99. The molecule has 5 heteroatoms. The van der Waals surface area contributed by atoms with Crippen LogP contribution in [0.25, 0.3) is 0 Å². The van der Waals surface area contributed by atoms with Crippen LogP contribution in [0.3, 0.4) is 0 Å². The van der Waals surface area contributed by atoms with Crippen molar-refractivity contribution in [1.82, 2.24) is 4.90 Å². The Balaban J connectivity index is 2.27. The first-order chi connectivity index (χ1) is 8.94. The molecule has 1 unspecified atom stereocenters. The van der Waals surface area contributed by atoms with Crippen LogP contribution in [0, 0.1) is 5.82 Å². The molecule has 2 N–H and O–H groups in total. The SMILES string of the molecule is CNc1c(F)cccc1C(=O)N1CCCC(C)(O)C1. The van der Waals surface area contributed by atoms with Crippen molar-refractivity contribution in [1.29, 1.82) is 0 Å². The zero-order valence-corrected chi connectivity index (χ0v) is 11.2. The molecular weight excluding hydrogens is 247 g/mol. The van der Waals surface area contributed by atoms with Gasteiger partial charge in [0.15, 0.2) is 0 Å². The van der Waals surface area contributed by atoms with Gasteiger partial charge in [0.05, 0.1) is 16.9 Å². The molecule has 1 aromatic rings. The molecule has 0 aliphatic carbocycles. The molecule has 2 rings (SSSR count). The van der Waals surface area contributed by atoms with Crippen molar-refractivity contribution in [2.24, 2.45) is 0 Å². The number of para-hydroxylation sites is 1. The highest BCUT2D eigenvalue weighted by Gasteiger charge is 2.32. The number of anilines is 1. The molecule has 1 fully saturated rings. The standard InChI is InChI=1S/C14H19FN2O2/c1-14(19)7-4-8-17(9-14)13(18)10-5-3-6-11(15)12(10)16-2/h3,5-6,16,19H,4,7-9H2,1-2H3. The number of carbonyl (C=O) groups is 1. The summed E-state index contributed by atoms with van der Waals surface area (Å²) in [6.07, 6.45) is 1.43. The normalized spacial score (nSPS) is 23.3. The minimum absolute atomic E-state index is 0.206. The summed E-state index contributed by atoms with van der Waals surface area (Å²) in [5.74, 6) is -0.694. The summed E-state index contributed by atoms with van der Waals surface area (Å²) in [7, 11) is 1.58. The fourth-order valence-electron chi connectivity index (χ4n) is 2.52. The van der Waals surface area contributed by atoms with E-state index in [0.29, 0.717) is 18.5 Å². The van der Waals surface area contributed by atoms with E-state index in [1.807, 2.05) is 0 Å². The lowest BCUT2D eigenvalue weighted by atomic mass is 9.94. The first-order valence-electron chi connectivity index (χ1n) is 6.42. The number of piperidine rings is 1. The number of β-amino-alcohol motifs (C(OH)–C–C–N with tert-alkyl or cyclic N) is 1. The number of nitrogens with zero attached hydrogens (tertiary/aromatic N) is 1. The average molecular weight is 266 g/mol. The van der Waals surface area contributed by atoms with E-state index in [2.05, 4.69) is 5.32 Å². The van der Waals surface area contributed by atoms with Gasteiger partial charge in [0.25, 0.3) is 5.91 Å². The van der Waals surface area contributed by atoms with Gasteiger partial charge in [0.2, 0.25) is 0 Å². The summed E-state index contributed by atoms with van der Waals surface area (Å²) in [5, 5.41) is 12.8. The van der Waals surface area contributed by atoms with Gasteiger partial charge in [-0.15, -0.1) is 0 Å². The Morgan fingerprint density at radius 3 is 2.89 bits per heavy atom. The number of benzene rings is 1. The number of likely N-dealkylation sites (tertiary alicyclic amines) is 1. The van der Waals surface area contributed by atoms with Crippen molar-refractivity contribution >= 4 is 11.6 Å². The highest BCUT2D eigenvalue weighted by Crippen LogP contribution is 2.25. The maximum atomic E-state index is 13.6. The lowest BCUT2D eigenvalue weighted by Crippen LogP contribution is -2.48. The molecule has 1 heterocycles. The van der Waals surface area contributed by atoms with Crippen LogP contribution in [-0.4, -0.2) is 41.7 Å². The molecule has 1 aliphatic heterocycles. The van der Waals surface area contributed by atoms with Gasteiger partial charge < -0.3 is 15.3 Å². The summed E-state index contributed by atoms with van der Waals surface area (Å²) >= 11 is 0. The van der Waals surface area contributed by atoms with Gasteiger partial charge in [-0.1, -0.05) is 6.07 Å². The van der Waals surface area contributed by atoms with E-state index in [0.717, 1.165) is 6.42 Å². The molecule has 19 heavy (non-hydrogen) atoms. The third-order valence-corrected chi connectivity index (χ3v) is 3.46. The Kier molecular flexibility index (Phi) is 3.75. The van der Waals surface area contributed by atoms with E-state index in [-0.39, 0.29) is 18.1 Å². The molecule has 0 spiro atoms. The van der Waals surface area contributed by atoms with Crippen LogP contribution >= 0.6 is 0 Å². The van der Waals surface area contributed by atoms with E-state index < -0.39 is 11.4 Å². The first-order valence-corrected chi connectivity index (χ1v) is 6.42. The zero-order valence-electron chi connectivity index (χ0n) is 11.2. The Hall–Kier alpha value is -1.62. The number of amides is 1. The second-order valence-electron chi connectivity index (χ2n) is 5.24. The van der Waals surface area contributed by atoms with Crippen LogP contribution in [-0.2, 0) is 0 Å². The van der Waals surface area contributed by atoms with Crippen molar-refractivity contribution in [3.05, 3.63) is 29.6 Å². The quantitative estimate of drug-likeness (QED) is 0.859. The number of carbonyl (C=O) groups excluding carboxylic acids is 1. The molecule has 0 bridgehead atoms. The number of halogens is 1. The van der Waals surface area contributed by atoms with Crippen molar-refractivity contribution in [3.63, 3.8) is 0 Å². The molecule has 1 saturated heterocycles. The van der Waals surface area contributed by atoms with Gasteiger partial charge in [0.1, 0.15) is 5.82 Å². The smallest absolute Gasteiger partial charge is 0.256 e. The molecule has 0 radical (unpaired) electrons. The average Bonchev–Trinajstić information content (AvgIpc) is 2.36. The summed E-state index contributed by atoms with van der Waals surface area (Å²) in [5.41, 5.74) is -0.348. The Bertz CT molecular complexity index is 488. The molecule has 104 valence electrons. The van der Waals surface area contributed by atoms with Crippen molar-refractivity contribution in [2.45, 2.75) is 25.4 Å². The summed E-state index contributed by atoms with van der Waals surface area (Å²) in [6, 6.07) is 4.43. The largest absolute Gasteiger partial charge is 0.388 e. The molecule has 0 saturated carbocycles. The van der Waals surface area contributed by atoms with Crippen LogP contribution in [0.5, 0.6) is 0 Å². The fourth-order valence-corrected chi connectivity index (χ4v) is 2.52. The molecule has 1 atom stereocenters. The predicted octanol–water partition coefficient (Wildman–Crippen LogP) is 1.85. The topological polar surface area (TPSA) is 52.6 Å². The zero-order chi connectivity index (χ0) is 14.0. The van der Waals surface area contributed by atoms with E-state index in [1.54, 1.807) is 24.9 Å². The molecule has 1 aromatic carbocycles. The minimum Gasteiger partial charge on any atom is -0.388 e. The lowest BCUT2D eigenvalue weighted by molar-refractivity contribution is -0.0107. The van der Waals surface area contributed by atoms with E-state index >= 15 is 0 Å². The second-order valence-corrected chi connectivity index (χ2v) is 5.24. The maximum Gasteiger partial charge on any atom is 0.256 e. The van der Waals surface area contributed by atoms with Crippen molar-refractivity contribution in [3.8, 4) is 0 Å². The molecule has 1 amide bonds. The molecular formula is C14H19FN2O2. The highest BCUT2D eigenvalue weighted by atomic mass is 19.1. The predicted molar refractivity (Wildman–Crippen MR) is 71.7 cm³/mol. The summed E-state index contributed by atoms with van der Waals surface area (Å²) in [6.45, 7) is 2.59. The second kappa shape index (κ2) is 5.17. The fraction of sp³-hybridized carbons (Fsp3) is 0.500. The number of nitrogens with one attached hydrogen (secondary N) is 1. The van der Waals surface area contributed by atoms with E-state index in [1.165, 1.54) is 12.1 Å². The van der Waals surface area contributed by atoms with E-state index in [4.69, 9.17) is 0 Å². The van der Waals surface area contributed by atoms with Crippen LogP contribution in [0.2, 0.25) is 0 Å². The lowest BCUT2D eigenvalue weighted by Gasteiger charge is -2.37. The number of hydrogen-bond donors (Lipinski definition) is 2. The molecule has 1 aliphatic rings. The summed E-state index contributed by atoms with van der Waals surface area (Å²) in [4.78, 5) is 14.0. The first kappa shape index (κ1) is 13.8. The minimum atomic E-state index is -0.860. The Morgan fingerprint density at radius 1 is 1.53 bits per heavy atom. The van der Waals surface area contributed by atoms with Gasteiger partial charge in [-0.25, -0.2) is 4.39 Å². The van der Waals surface area contributed by atoms with Gasteiger partial charge >= 0.3 is 0 Å². The Labute approximate surface area is 112 Å². The van der Waals surface area contributed by atoms with Gasteiger partial charge in [0, 0.05) is 20.1 Å².